The summed E-state index contributed by atoms with van der Waals surface area (Å²) in [5.74, 6) is -0.0663. The lowest BCUT2D eigenvalue weighted by atomic mass is 10.1. The van der Waals surface area contributed by atoms with Crippen molar-refractivity contribution >= 4 is 57.9 Å². The van der Waals surface area contributed by atoms with Gasteiger partial charge in [0.05, 0.1) is 5.69 Å². The minimum Gasteiger partial charge on any atom is -0.340 e. The van der Waals surface area contributed by atoms with Crippen LogP contribution in [0.5, 0.6) is 0 Å². The molecule has 26 heavy (non-hydrogen) atoms. The summed E-state index contributed by atoms with van der Waals surface area (Å²) in [6.07, 6.45) is 1.50. The topological polar surface area (TPSA) is 66.9 Å². The first-order valence-corrected chi connectivity index (χ1v) is 8.68. The molecule has 1 heterocycles. The van der Waals surface area contributed by atoms with Crippen LogP contribution in [0.3, 0.4) is 0 Å². The molecule has 2 N–H and O–H groups in total. The molecule has 0 saturated carbocycles. The third-order valence-electron chi connectivity index (χ3n) is 3.41. The van der Waals surface area contributed by atoms with Gasteiger partial charge in [-0.05, 0) is 24.3 Å². The van der Waals surface area contributed by atoms with E-state index in [0.29, 0.717) is 11.5 Å². The highest BCUT2D eigenvalue weighted by molar-refractivity contribution is 6.76. The zero-order valence-corrected chi connectivity index (χ0v) is 15.6. The Hall–Kier alpha value is -2.34. The second-order valence-electron chi connectivity index (χ2n) is 5.31. The van der Waals surface area contributed by atoms with Crippen LogP contribution in [0.15, 0.2) is 67.0 Å². The van der Waals surface area contributed by atoms with E-state index in [1.165, 1.54) is 6.33 Å². The van der Waals surface area contributed by atoms with Crippen LogP contribution in [0.1, 0.15) is 0 Å². The number of alkyl halides is 3. The van der Waals surface area contributed by atoms with Crippen LogP contribution in [-0.4, -0.2) is 19.7 Å². The first-order chi connectivity index (χ1) is 12.4. The van der Waals surface area contributed by atoms with Crippen molar-refractivity contribution in [2.75, 3.05) is 10.6 Å². The van der Waals surface area contributed by atoms with Crippen LogP contribution in [0.25, 0.3) is 11.3 Å². The molecule has 0 spiro atoms. The van der Waals surface area contributed by atoms with E-state index >= 15 is 0 Å². The Balaban J connectivity index is 1.71. The monoisotopic (exact) mass is 406 g/mol. The minimum atomic E-state index is -2.01. The fourth-order valence-corrected chi connectivity index (χ4v) is 2.32. The average molecular weight is 408 g/mol. The van der Waals surface area contributed by atoms with Crippen molar-refractivity contribution in [1.29, 1.82) is 0 Å². The smallest absolute Gasteiger partial charge is 0.276 e. The molecule has 0 atom stereocenters. The molecule has 0 unspecified atom stereocenters. The molecule has 1 aromatic heterocycles. The van der Waals surface area contributed by atoms with Gasteiger partial charge >= 0.3 is 0 Å². The maximum atomic E-state index is 11.6. The number of benzene rings is 2. The first-order valence-electron chi connectivity index (χ1n) is 7.54. The van der Waals surface area contributed by atoms with E-state index in [0.717, 1.165) is 16.9 Å². The highest BCUT2D eigenvalue weighted by Gasteiger charge is 2.30. The predicted octanol–water partition coefficient (Wildman–Crippen LogP) is 5.20. The average Bonchev–Trinajstić information content (AvgIpc) is 2.63. The van der Waals surface area contributed by atoms with Gasteiger partial charge in [-0.2, -0.15) is 0 Å². The molecular weight excluding hydrogens is 395 g/mol. The number of hydrogen-bond acceptors (Lipinski definition) is 4. The van der Waals surface area contributed by atoms with Crippen LogP contribution in [-0.2, 0) is 4.79 Å². The standard InChI is InChI=1S/C18H13Cl3N4O/c19-18(20,21)17(26)25-14-8-6-13(7-9-14)24-16-10-15(22-11-23-16)12-4-2-1-3-5-12/h1-11H,(H,25,26)(H,22,23,24). The van der Waals surface area contributed by atoms with Crippen molar-refractivity contribution in [2.45, 2.75) is 3.79 Å². The van der Waals surface area contributed by atoms with Crippen LogP contribution in [0, 0.1) is 0 Å². The number of rotatable bonds is 4. The molecule has 0 aliphatic heterocycles. The molecule has 0 saturated heterocycles. The number of anilines is 3. The van der Waals surface area contributed by atoms with Gasteiger partial charge in [0.15, 0.2) is 0 Å². The fraction of sp³-hybridized carbons (Fsp3) is 0.0556. The number of aromatic nitrogens is 2. The fourth-order valence-electron chi connectivity index (χ4n) is 2.18. The summed E-state index contributed by atoms with van der Waals surface area (Å²) >= 11 is 16.6. The van der Waals surface area contributed by atoms with Crippen LogP contribution < -0.4 is 10.6 Å². The summed E-state index contributed by atoms with van der Waals surface area (Å²) in [4.78, 5) is 20.1. The largest absolute Gasteiger partial charge is 0.340 e. The van der Waals surface area contributed by atoms with Crippen molar-refractivity contribution in [3.05, 3.63) is 67.0 Å². The highest BCUT2D eigenvalue weighted by Crippen LogP contribution is 2.28. The van der Waals surface area contributed by atoms with E-state index in [1.54, 1.807) is 24.3 Å². The Morgan fingerprint density at radius 3 is 2.19 bits per heavy atom. The number of halogens is 3. The number of carbonyl (C=O) groups is 1. The van der Waals surface area contributed by atoms with Gasteiger partial charge in [0, 0.05) is 23.0 Å². The van der Waals surface area contributed by atoms with Crippen LogP contribution in [0.4, 0.5) is 17.2 Å². The van der Waals surface area contributed by atoms with Gasteiger partial charge in [0.1, 0.15) is 12.1 Å². The molecule has 2 aromatic carbocycles. The summed E-state index contributed by atoms with van der Waals surface area (Å²) in [7, 11) is 0. The zero-order valence-electron chi connectivity index (χ0n) is 13.3. The maximum Gasteiger partial charge on any atom is 0.276 e. The lowest BCUT2D eigenvalue weighted by Gasteiger charge is -2.12. The van der Waals surface area contributed by atoms with Gasteiger partial charge in [-0.25, -0.2) is 9.97 Å². The Labute approximate surface area is 165 Å². The van der Waals surface area contributed by atoms with E-state index in [2.05, 4.69) is 20.6 Å². The molecule has 0 aliphatic rings. The van der Waals surface area contributed by atoms with E-state index in [1.807, 2.05) is 36.4 Å². The second kappa shape index (κ2) is 7.91. The molecule has 0 aliphatic carbocycles. The third-order valence-corrected chi connectivity index (χ3v) is 3.92. The second-order valence-corrected chi connectivity index (χ2v) is 7.59. The maximum absolute atomic E-state index is 11.6. The van der Waals surface area contributed by atoms with Gasteiger partial charge in [0.2, 0.25) is 0 Å². The van der Waals surface area contributed by atoms with E-state index in [4.69, 9.17) is 34.8 Å². The summed E-state index contributed by atoms with van der Waals surface area (Å²) < 4.78 is -2.01. The highest BCUT2D eigenvalue weighted by atomic mass is 35.6. The summed E-state index contributed by atoms with van der Waals surface area (Å²) in [6.45, 7) is 0. The normalized spacial score (nSPS) is 11.0. The number of nitrogens with one attached hydrogen (secondary N) is 2. The Morgan fingerprint density at radius 1 is 0.885 bits per heavy atom. The molecule has 5 nitrogen and oxygen atoms in total. The van der Waals surface area contributed by atoms with Gasteiger partial charge in [-0.3, -0.25) is 4.79 Å². The SMILES string of the molecule is O=C(Nc1ccc(Nc2cc(-c3ccccc3)ncn2)cc1)C(Cl)(Cl)Cl. The van der Waals surface area contributed by atoms with Crippen molar-refractivity contribution in [2.24, 2.45) is 0 Å². The first kappa shape index (κ1) is 18.5. The lowest BCUT2D eigenvalue weighted by molar-refractivity contribution is -0.115. The van der Waals surface area contributed by atoms with Gasteiger partial charge in [0.25, 0.3) is 9.70 Å². The van der Waals surface area contributed by atoms with Crippen LogP contribution in [0.2, 0.25) is 0 Å². The lowest BCUT2D eigenvalue weighted by Crippen LogP contribution is -2.26. The predicted molar refractivity (Wildman–Crippen MR) is 106 cm³/mol. The molecule has 0 fully saturated rings. The molecule has 3 aromatic rings. The zero-order chi connectivity index (χ0) is 18.6. The Morgan fingerprint density at radius 2 is 1.54 bits per heavy atom. The van der Waals surface area contributed by atoms with Crippen molar-refractivity contribution in [1.82, 2.24) is 9.97 Å². The molecule has 8 heteroatoms. The Bertz CT molecular complexity index is 896. The van der Waals surface area contributed by atoms with E-state index in [-0.39, 0.29) is 0 Å². The van der Waals surface area contributed by atoms with Gasteiger partial charge < -0.3 is 10.6 Å². The molecule has 3 rings (SSSR count). The number of amides is 1. The quantitative estimate of drug-likeness (QED) is 0.584. The number of hydrogen-bond donors (Lipinski definition) is 2. The summed E-state index contributed by atoms with van der Waals surface area (Å²) in [5.41, 5.74) is 3.12. The molecule has 0 radical (unpaired) electrons. The van der Waals surface area contributed by atoms with Crippen molar-refractivity contribution in [3.63, 3.8) is 0 Å². The summed E-state index contributed by atoms with van der Waals surface area (Å²) in [6, 6.07) is 18.6. The molecule has 132 valence electrons. The van der Waals surface area contributed by atoms with Crippen molar-refractivity contribution in [3.8, 4) is 11.3 Å². The van der Waals surface area contributed by atoms with E-state index < -0.39 is 9.70 Å². The van der Waals surface area contributed by atoms with Gasteiger partial charge in [-0.1, -0.05) is 65.1 Å². The van der Waals surface area contributed by atoms with Crippen LogP contribution >= 0.6 is 34.8 Å². The van der Waals surface area contributed by atoms with Crippen molar-refractivity contribution < 1.29 is 4.79 Å². The number of carbonyl (C=O) groups excluding carboxylic acids is 1. The Kier molecular flexibility index (Phi) is 5.61. The summed E-state index contributed by atoms with van der Waals surface area (Å²) in [5, 5.41) is 5.70. The van der Waals surface area contributed by atoms with E-state index in [9.17, 15) is 4.79 Å². The van der Waals surface area contributed by atoms with Gasteiger partial charge in [-0.15, -0.1) is 0 Å². The number of nitrogens with zero attached hydrogens (tertiary/aromatic N) is 2. The minimum absolute atomic E-state index is 0.513. The molecule has 0 bridgehead atoms. The molecular formula is C18H13Cl3N4O. The molecule has 1 amide bonds. The third kappa shape index (κ3) is 4.85.